The molecule has 1 aliphatic heterocycles. The first kappa shape index (κ1) is 12.7. The minimum Gasteiger partial charge on any atom is -0.469 e. The zero-order valence-corrected chi connectivity index (χ0v) is 11.1. The van der Waals surface area contributed by atoms with Gasteiger partial charge in [0.25, 0.3) is 0 Å². The summed E-state index contributed by atoms with van der Waals surface area (Å²) in [5.41, 5.74) is 1.14. The first-order chi connectivity index (χ1) is 9.28. The molecule has 5 nitrogen and oxygen atoms in total. The minimum absolute atomic E-state index is 0.0681. The molecule has 1 fully saturated rings. The zero-order chi connectivity index (χ0) is 13.2. The largest absolute Gasteiger partial charge is 0.469 e. The fourth-order valence-corrected chi connectivity index (χ4v) is 2.99. The highest BCUT2D eigenvalue weighted by molar-refractivity contribution is 5.82. The van der Waals surface area contributed by atoms with E-state index in [1.807, 2.05) is 6.07 Å². The molecule has 0 aromatic carbocycles. The summed E-state index contributed by atoms with van der Waals surface area (Å²) in [5.74, 6) is 1.09. The Bertz CT molecular complexity index is 457. The molecule has 2 aliphatic rings. The maximum absolute atomic E-state index is 12.2. The van der Waals surface area contributed by atoms with E-state index in [-0.39, 0.29) is 24.1 Å². The van der Waals surface area contributed by atoms with Gasteiger partial charge in [0, 0.05) is 25.6 Å². The maximum Gasteiger partial charge on any atom is 0.237 e. The highest BCUT2D eigenvalue weighted by Gasteiger charge is 2.32. The summed E-state index contributed by atoms with van der Waals surface area (Å²) in [4.78, 5) is 12.2. The van der Waals surface area contributed by atoms with E-state index < -0.39 is 0 Å². The van der Waals surface area contributed by atoms with Crippen molar-refractivity contribution in [3.8, 4) is 0 Å². The van der Waals surface area contributed by atoms with Gasteiger partial charge >= 0.3 is 0 Å². The van der Waals surface area contributed by atoms with Crippen LogP contribution in [0.25, 0.3) is 0 Å². The van der Waals surface area contributed by atoms with Crippen LogP contribution < -0.4 is 10.6 Å². The molecule has 3 unspecified atom stereocenters. The molecule has 3 rings (SSSR count). The van der Waals surface area contributed by atoms with Gasteiger partial charge in [-0.05, 0) is 25.3 Å². The molecule has 2 heterocycles. The standard InChI is InChI=1S/C14H20N2O3/c1-18-9-7-12(15-8-9)14(17)16-11-3-2-4-13-10(11)5-6-19-13/h5-6,9,11-12,15H,2-4,7-8H2,1H3,(H,16,17). The Balaban J connectivity index is 1.62. The van der Waals surface area contributed by atoms with Crippen LogP contribution in [0, 0.1) is 0 Å². The van der Waals surface area contributed by atoms with E-state index in [2.05, 4.69) is 10.6 Å². The quantitative estimate of drug-likeness (QED) is 0.859. The molecule has 1 aromatic heterocycles. The molecule has 0 radical (unpaired) electrons. The number of rotatable bonds is 3. The van der Waals surface area contributed by atoms with Crippen molar-refractivity contribution < 1.29 is 13.9 Å². The van der Waals surface area contributed by atoms with Crippen LogP contribution >= 0.6 is 0 Å². The predicted octanol–water partition coefficient (Wildman–Crippen LogP) is 1.15. The Kier molecular flexibility index (Phi) is 3.57. The second-order valence-electron chi connectivity index (χ2n) is 5.31. The molecule has 1 aliphatic carbocycles. The number of ether oxygens (including phenoxy) is 1. The van der Waals surface area contributed by atoms with Crippen molar-refractivity contribution in [2.24, 2.45) is 0 Å². The number of nitrogens with one attached hydrogen (secondary N) is 2. The molecule has 104 valence electrons. The van der Waals surface area contributed by atoms with Crippen LogP contribution in [0.1, 0.15) is 36.6 Å². The summed E-state index contributed by atoms with van der Waals surface area (Å²) in [5, 5.41) is 6.34. The number of furan rings is 1. The summed E-state index contributed by atoms with van der Waals surface area (Å²) in [7, 11) is 1.69. The lowest BCUT2D eigenvalue weighted by molar-refractivity contribution is -0.123. The molecule has 1 aromatic rings. The molecule has 0 saturated carbocycles. The van der Waals surface area contributed by atoms with Gasteiger partial charge in [0.05, 0.1) is 24.5 Å². The lowest BCUT2D eigenvalue weighted by Crippen LogP contribution is -2.42. The van der Waals surface area contributed by atoms with E-state index in [4.69, 9.17) is 9.15 Å². The van der Waals surface area contributed by atoms with Crippen molar-refractivity contribution in [2.45, 2.75) is 43.9 Å². The Morgan fingerprint density at radius 3 is 3.26 bits per heavy atom. The van der Waals surface area contributed by atoms with Gasteiger partial charge in [-0.2, -0.15) is 0 Å². The second-order valence-corrected chi connectivity index (χ2v) is 5.31. The number of amides is 1. The van der Waals surface area contributed by atoms with Gasteiger partial charge in [0.2, 0.25) is 5.91 Å². The molecule has 2 N–H and O–H groups in total. The monoisotopic (exact) mass is 264 g/mol. The van der Waals surface area contributed by atoms with E-state index in [9.17, 15) is 4.79 Å². The molecule has 1 amide bonds. The van der Waals surface area contributed by atoms with Gasteiger partial charge in [0.15, 0.2) is 0 Å². The smallest absolute Gasteiger partial charge is 0.237 e. The van der Waals surface area contributed by atoms with Gasteiger partial charge in [0.1, 0.15) is 5.76 Å². The van der Waals surface area contributed by atoms with Crippen molar-refractivity contribution in [3.05, 3.63) is 23.7 Å². The van der Waals surface area contributed by atoms with E-state index in [0.717, 1.165) is 43.6 Å². The SMILES string of the molecule is COC1CNC(C(=O)NC2CCCc3occc32)C1. The third kappa shape index (κ3) is 2.53. The highest BCUT2D eigenvalue weighted by atomic mass is 16.5. The fourth-order valence-electron chi connectivity index (χ4n) is 2.99. The van der Waals surface area contributed by atoms with E-state index >= 15 is 0 Å². The lowest BCUT2D eigenvalue weighted by atomic mass is 9.93. The van der Waals surface area contributed by atoms with Crippen LogP contribution in [0.15, 0.2) is 16.7 Å². The van der Waals surface area contributed by atoms with Gasteiger partial charge in [-0.1, -0.05) is 0 Å². The van der Waals surface area contributed by atoms with Crippen molar-refractivity contribution in [2.75, 3.05) is 13.7 Å². The molecule has 1 saturated heterocycles. The van der Waals surface area contributed by atoms with E-state index in [1.54, 1.807) is 13.4 Å². The lowest BCUT2D eigenvalue weighted by Gasteiger charge is -2.24. The zero-order valence-electron chi connectivity index (χ0n) is 11.1. The number of hydrogen-bond donors (Lipinski definition) is 2. The van der Waals surface area contributed by atoms with Crippen LogP contribution in [0.4, 0.5) is 0 Å². The Labute approximate surface area is 112 Å². The van der Waals surface area contributed by atoms with Gasteiger partial charge in [-0.25, -0.2) is 0 Å². The molecular formula is C14H20N2O3. The first-order valence-corrected chi connectivity index (χ1v) is 6.90. The average Bonchev–Trinajstić information content (AvgIpc) is 3.08. The summed E-state index contributed by atoms with van der Waals surface area (Å²) in [6.07, 6.45) is 5.62. The third-order valence-corrected chi connectivity index (χ3v) is 4.11. The maximum atomic E-state index is 12.2. The Hall–Kier alpha value is -1.33. The summed E-state index contributed by atoms with van der Waals surface area (Å²) in [6.45, 7) is 0.746. The topological polar surface area (TPSA) is 63.5 Å². The predicted molar refractivity (Wildman–Crippen MR) is 69.7 cm³/mol. The van der Waals surface area contributed by atoms with Crippen molar-refractivity contribution in [1.29, 1.82) is 0 Å². The van der Waals surface area contributed by atoms with Gasteiger partial charge in [-0.3, -0.25) is 4.79 Å². The first-order valence-electron chi connectivity index (χ1n) is 6.90. The number of carbonyl (C=O) groups excluding carboxylic acids is 1. The van der Waals surface area contributed by atoms with Crippen LogP contribution in [0.5, 0.6) is 0 Å². The van der Waals surface area contributed by atoms with Crippen molar-refractivity contribution in [1.82, 2.24) is 10.6 Å². The molecule has 19 heavy (non-hydrogen) atoms. The molecule has 5 heteroatoms. The summed E-state index contributed by atoms with van der Waals surface area (Å²) in [6, 6.07) is 1.93. The Morgan fingerprint density at radius 1 is 1.58 bits per heavy atom. The number of methoxy groups -OCH3 is 1. The third-order valence-electron chi connectivity index (χ3n) is 4.11. The second kappa shape index (κ2) is 5.35. The van der Waals surface area contributed by atoms with Gasteiger partial charge < -0.3 is 19.8 Å². The Morgan fingerprint density at radius 2 is 2.47 bits per heavy atom. The highest BCUT2D eigenvalue weighted by Crippen LogP contribution is 2.30. The minimum atomic E-state index is -0.137. The molecular weight excluding hydrogens is 244 g/mol. The van der Waals surface area contributed by atoms with Crippen LogP contribution in [-0.4, -0.2) is 31.7 Å². The number of carbonyl (C=O) groups is 1. The average molecular weight is 264 g/mol. The number of fused-ring (bicyclic) bond motifs is 1. The molecule has 3 atom stereocenters. The summed E-state index contributed by atoms with van der Waals surface area (Å²) < 4.78 is 10.7. The van der Waals surface area contributed by atoms with E-state index in [1.165, 1.54) is 0 Å². The summed E-state index contributed by atoms with van der Waals surface area (Å²) >= 11 is 0. The van der Waals surface area contributed by atoms with Gasteiger partial charge in [-0.15, -0.1) is 0 Å². The fraction of sp³-hybridized carbons (Fsp3) is 0.643. The van der Waals surface area contributed by atoms with Crippen LogP contribution in [0.3, 0.4) is 0 Å². The van der Waals surface area contributed by atoms with Crippen LogP contribution in [0.2, 0.25) is 0 Å². The van der Waals surface area contributed by atoms with Crippen molar-refractivity contribution >= 4 is 5.91 Å². The van der Waals surface area contributed by atoms with Crippen LogP contribution in [-0.2, 0) is 16.0 Å². The normalized spacial score (nSPS) is 30.1. The number of hydrogen-bond acceptors (Lipinski definition) is 4. The molecule has 0 spiro atoms. The van der Waals surface area contributed by atoms with E-state index in [0.29, 0.717) is 0 Å². The molecule has 0 bridgehead atoms. The number of aryl methyl sites for hydroxylation is 1. The van der Waals surface area contributed by atoms with Crippen molar-refractivity contribution in [3.63, 3.8) is 0 Å².